The van der Waals surface area contributed by atoms with E-state index in [1.165, 1.54) is 12.1 Å². The lowest BCUT2D eigenvalue weighted by molar-refractivity contribution is -0.384. The molecule has 1 heterocycles. The highest BCUT2D eigenvalue weighted by Gasteiger charge is 2.10. The molecule has 7 heteroatoms. The average molecular weight is 290 g/mol. The second kappa shape index (κ2) is 6.74. The predicted octanol–water partition coefficient (Wildman–Crippen LogP) is 2.38. The standard InChI is InChI=1S/C14H18N4O3/c1-3-21-14-9-12(8-13(10-14)18(19)20)15-6-4-11-5-7-17(2)16-11/h5,7-10,15H,3-4,6H2,1-2H3. The molecule has 0 fully saturated rings. The summed E-state index contributed by atoms with van der Waals surface area (Å²) in [4.78, 5) is 10.5. The van der Waals surface area contributed by atoms with Crippen molar-refractivity contribution in [1.29, 1.82) is 0 Å². The number of ether oxygens (including phenoxy) is 1. The number of nitrogens with one attached hydrogen (secondary N) is 1. The summed E-state index contributed by atoms with van der Waals surface area (Å²) in [5, 5.41) is 18.4. The average Bonchev–Trinajstić information content (AvgIpc) is 2.84. The van der Waals surface area contributed by atoms with Gasteiger partial charge < -0.3 is 10.1 Å². The molecular formula is C14H18N4O3. The van der Waals surface area contributed by atoms with Crippen molar-refractivity contribution >= 4 is 11.4 Å². The molecule has 21 heavy (non-hydrogen) atoms. The first-order valence-electron chi connectivity index (χ1n) is 6.73. The van der Waals surface area contributed by atoms with Crippen LogP contribution in [0.15, 0.2) is 30.5 Å². The normalized spacial score (nSPS) is 10.4. The minimum Gasteiger partial charge on any atom is -0.494 e. The summed E-state index contributed by atoms with van der Waals surface area (Å²) >= 11 is 0. The lowest BCUT2D eigenvalue weighted by Crippen LogP contribution is -2.06. The van der Waals surface area contributed by atoms with Crippen molar-refractivity contribution < 1.29 is 9.66 Å². The first-order valence-corrected chi connectivity index (χ1v) is 6.73. The summed E-state index contributed by atoms with van der Waals surface area (Å²) in [6.07, 6.45) is 2.63. The third-order valence-corrected chi connectivity index (χ3v) is 2.89. The zero-order valence-electron chi connectivity index (χ0n) is 12.1. The van der Waals surface area contributed by atoms with E-state index < -0.39 is 4.92 Å². The second-order valence-electron chi connectivity index (χ2n) is 4.56. The second-order valence-corrected chi connectivity index (χ2v) is 4.56. The Hall–Kier alpha value is -2.57. The van der Waals surface area contributed by atoms with Gasteiger partial charge in [0.15, 0.2) is 0 Å². The van der Waals surface area contributed by atoms with Crippen molar-refractivity contribution in [3.63, 3.8) is 0 Å². The molecule has 0 aliphatic carbocycles. The van der Waals surface area contributed by atoms with E-state index in [0.717, 1.165) is 12.1 Å². The quantitative estimate of drug-likeness (QED) is 0.625. The number of hydrogen-bond acceptors (Lipinski definition) is 5. The monoisotopic (exact) mass is 290 g/mol. The first-order chi connectivity index (χ1) is 10.1. The van der Waals surface area contributed by atoms with Gasteiger partial charge in [-0.25, -0.2) is 0 Å². The van der Waals surface area contributed by atoms with Crippen LogP contribution in [0.3, 0.4) is 0 Å². The molecule has 1 aromatic heterocycles. The third-order valence-electron chi connectivity index (χ3n) is 2.89. The number of nitro groups is 1. The number of rotatable bonds is 7. The fraction of sp³-hybridized carbons (Fsp3) is 0.357. The van der Waals surface area contributed by atoms with Gasteiger partial charge in [0.25, 0.3) is 5.69 Å². The van der Waals surface area contributed by atoms with E-state index in [2.05, 4.69) is 10.4 Å². The Bertz CT molecular complexity index is 624. The number of nitro benzene ring substituents is 1. The van der Waals surface area contributed by atoms with E-state index in [1.807, 2.05) is 26.2 Å². The van der Waals surface area contributed by atoms with Crippen LogP contribution in [0.25, 0.3) is 0 Å². The SMILES string of the molecule is CCOc1cc(NCCc2ccn(C)n2)cc([N+](=O)[O-])c1. The summed E-state index contributed by atoms with van der Waals surface area (Å²) in [7, 11) is 1.87. The molecule has 0 atom stereocenters. The maximum atomic E-state index is 10.9. The van der Waals surface area contributed by atoms with Crippen LogP contribution in [0.2, 0.25) is 0 Å². The fourth-order valence-electron chi connectivity index (χ4n) is 1.97. The van der Waals surface area contributed by atoms with Crippen molar-refractivity contribution in [2.24, 2.45) is 7.05 Å². The van der Waals surface area contributed by atoms with Crippen molar-refractivity contribution in [1.82, 2.24) is 9.78 Å². The van der Waals surface area contributed by atoms with Gasteiger partial charge in [-0.2, -0.15) is 5.10 Å². The molecule has 1 aromatic carbocycles. The summed E-state index contributed by atoms with van der Waals surface area (Å²) < 4.78 is 7.09. The smallest absolute Gasteiger partial charge is 0.275 e. The van der Waals surface area contributed by atoms with Crippen molar-refractivity contribution in [2.45, 2.75) is 13.3 Å². The molecule has 2 rings (SSSR count). The molecule has 0 amide bonds. The highest BCUT2D eigenvalue weighted by Crippen LogP contribution is 2.26. The number of hydrogen-bond donors (Lipinski definition) is 1. The van der Waals surface area contributed by atoms with Crippen molar-refractivity contribution in [3.8, 4) is 5.75 Å². The minimum absolute atomic E-state index is 0.0151. The Labute approximate surface area is 122 Å². The summed E-state index contributed by atoms with van der Waals surface area (Å²) in [6, 6.07) is 6.63. The lowest BCUT2D eigenvalue weighted by Gasteiger charge is -2.08. The van der Waals surface area contributed by atoms with Gasteiger partial charge in [0.05, 0.1) is 23.3 Å². The highest BCUT2D eigenvalue weighted by molar-refractivity contribution is 5.56. The van der Waals surface area contributed by atoms with E-state index in [4.69, 9.17) is 4.74 Å². The van der Waals surface area contributed by atoms with Crippen LogP contribution in [0.1, 0.15) is 12.6 Å². The number of anilines is 1. The Morgan fingerprint density at radius 2 is 2.24 bits per heavy atom. The van der Waals surface area contributed by atoms with E-state index >= 15 is 0 Å². The van der Waals surface area contributed by atoms with Gasteiger partial charge in [-0.05, 0) is 13.0 Å². The van der Waals surface area contributed by atoms with E-state index in [0.29, 0.717) is 24.6 Å². The van der Waals surface area contributed by atoms with Gasteiger partial charge in [0.2, 0.25) is 0 Å². The summed E-state index contributed by atoms with van der Waals surface area (Å²) in [5.41, 5.74) is 1.66. The number of aryl methyl sites for hydroxylation is 1. The molecule has 0 unspecified atom stereocenters. The molecule has 0 aliphatic rings. The molecule has 0 aliphatic heterocycles. The zero-order valence-corrected chi connectivity index (χ0v) is 12.1. The molecule has 0 bridgehead atoms. The van der Waals surface area contributed by atoms with Gasteiger partial charge >= 0.3 is 0 Å². The molecule has 7 nitrogen and oxygen atoms in total. The van der Waals surface area contributed by atoms with Crippen LogP contribution in [-0.2, 0) is 13.5 Å². The van der Waals surface area contributed by atoms with Gasteiger partial charge in [-0.3, -0.25) is 14.8 Å². The molecule has 0 saturated heterocycles. The van der Waals surface area contributed by atoms with Gasteiger partial charge in [0, 0.05) is 44.0 Å². The molecule has 0 saturated carbocycles. The van der Waals surface area contributed by atoms with E-state index in [9.17, 15) is 10.1 Å². The van der Waals surface area contributed by atoms with E-state index in [-0.39, 0.29) is 5.69 Å². The highest BCUT2D eigenvalue weighted by atomic mass is 16.6. The lowest BCUT2D eigenvalue weighted by atomic mass is 10.2. The van der Waals surface area contributed by atoms with Crippen LogP contribution < -0.4 is 10.1 Å². The summed E-state index contributed by atoms with van der Waals surface area (Å²) in [5.74, 6) is 0.493. The van der Waals surface area contributed by atoms with Crippen LogP contribution in [-0.4, -0.2) is 27.9 Å². The Kier molecular flexibility index (Phi) is 4.76. The molecule has 112 valence electrons. The molecule has 1 N–H and O–H groups in total. The largest absolute Gasteiger partial charge is 0.494 e. The van der Waals surface area contributed by atoms with Gasteiger partial charge in [-0.15, -0.1) is 0 Å². The number of aromatic nitrogens is 2. The molecule has 0 spiro atoms. The topological polar surface area (TPSA) is 82.2 Å². The van der Waals surface area contributed by atoms with Crippen molar-refractivity contribution in [3.05, 3.63) is 46.3 Å². The number of benzene rings is 1. The molecule has 2 aromatic rings. The Balaban J connectivity index is 2.02. The minimum atomic E-state index is -0.424. The molecule has 0 radical (unpaired) electrons. The number of non-ortho nitro benzene ring substituents is 1. The predicted molar refractivity (Wildman–Crippen MR) is 79.7 cm³/mol. The van der Waals surface area contributed by atoms with Crippen molar-refractivity contribution in [2.75, 3.05) is 18.5 Å². The van der Waals surface area contributed by atoms with Crippen LogP contribution >= 0.6 is 0 Å². The maximum absolute atomic E-state index is 10.9. The van der Waals surface area contributed by atoms with Gasteiger partial charge in [0.1, 0.15) is 5.75 Å². The van der Waals surface area contributed by atoms with Crippen LogP contribution in [0.5, 0.6) is 5.75 Å². The first kappa shape index (κ1) is 14.8. The van der Waals surface area contributed by atoms with Gasteiger partial charge in [-0.1, -0.05) is 0 Å². The van der Waals surface area contributed by atoms with Crippen LogP contribution in [0.4, 0.5) is 11.4 Å². The Morgan fingerprint density at radius 1 is 1.43 bits per heavy atom. The fourth-order valence-corrected chi connectivity index (χ4v) is 1.97. The Morgan fingerprint density at radius 3 is 2.86 bits per heavy atom. The third kappa shape index (κ3) is 4.20. The van der Waals surface area contributed by atoms with Crippen LogP contribution in [0, 0.1) is 10.1 Å². The molecular weight excluding hydrogens is 272 g/mol. The summed E-state index contributed by atoms with van der Waals surface area (Å²) in [6.45, 7) is 2.95. The van der Waals surface area contributed by atoms with E-state index in [1.54, 1.807) is 10.7 Å². The zero-order chi connectivity index (χ0) is 15.2. The number of nitrogens with zero attached hydrogens (tertiary/aromatic N) is 3. The maximum Gasteiger partial charge on any atom is 0.275 e.